The van der Waals surface area contributed by atoms with Crippen LogP contribution in [0.1, 0.15) is 34.7 Å². The molecule has 0 unspecified atom stereocenters. The second kappa shape index (κ2) is 10.1. The van der Waals surface area contributed by atoms with Crippen molar-refractivity contribution in [3.8, 4) is 0 Å². The first kappa shape index (κ1) is 26.2. The van der Waals surface area contributed by atoms with Crippen molar-refractivity contribution < 1.29 is 22.8 Å². The first-order chi connectivity index (χ1) is 15.3. The number of anilines is 1. The maximum atomic E-state index is 12.8. The van der Waals surface area contributed by atoms with Crippen LogP contribution in [-0.4, -0.2) is 28.9 Å². The zero-order chi connectivity index (χ0) is 24.6. The van der Waals surface area contributed by atoms with Gasteiger partial charge in [0, 0.05) is 34.6 Å². The number of amides is 2. The van der Waals surface area contributed by atoms with E-state index in [0.717, 1.165) is 0 Å². The highest BCUT2D eigenvalue weighted by Crippen LogP contribution is 2.65. The molecule has 0 bridgehead atoms. The monoisotopic (exact) mass is 560 g/mol. The van der Waals surface area contributed by atoms with Gasteiger partial charge in [-0.2, -0.15) is 13.2 Å². The van der Waals surface area contributed by atoms with Gasteiger partial charge in [0.2, 0.25) is 5.91 Å². The van der Waals surface area contributed by atoms with Gasteiger partial charge in [-0.05, 0) is 48.4 Å². The van der Waals surface area contributed by atoms with Gasteiger partial charge in [-0.1, -0.05) is 34.8 Å². The third-order valence-corrected chi connectivity index (χ3v) is 6.69. The molecule has 2 aromatic rings. The molecule has 178 valence electrons. The lowest BCUT2D eigenvalue weighted by molar-refractivity contribution is -0.135. The molecule has 0 aliphatic heterocycles. The number of halogens is 8. The molecule has 1 aliphatic rings. The Morgan fingerprint density at radius 1 is 1.00 bits per heavy atom. The highest BCUT2D eigenvalue weighted by molar-refractivity contribution is 6.53. The third-order valence-electron chi connectivity index (χ3n) is 4.98. The van der Waals surface area contributed by atoms with Gasteiger partial charge in [-0.25, -0.2) is 0 Å². The molecule has 0 spiro atoms. The molecular weight excluding hydrogens is 547 g/mol. The number of carbonyl (C=O) groups excluding carboxylic acids is 2. The Balaban J connectivity index is 1.67. The Hall–Kier alpha value is -1.38. The molecule has 33 heavy (non-hydrogen) atoms. The highest BCUT2D eigenvalue weighted by Gasteiger charge is 2.67. The molecule has 2 amide bonds. The Labute approximate surface area is 212 Å². The number of rotatable bonds is 7. The normalized spacial score (nSPS) is 19.2. The van der Waals surface area contributed by atoms with E-state index in [1.54, 1.807) is 12.1 Å². The average molecular weight is 563 g/mol. The summed E-state index contributed by atoms with van der Waals surface area (Å²) in [6, 6.07) is 8.95. The standard InChI is InChI=1S/C21H16Cl5F3N2O2/c22-11-6-10(7-12(23)8-11)16-17(21(16,25)26)19(33)31-13-2-3-15(24)14(9-13)18(32)30-5-1-4-20(27,28)29/h2-3,6-9,16-17H,1,4-5H2,(H,30,32)(H,31,33)/t16-,17+/m1/s1. The summed E-state index contributed by atoms with van der Waals surface area (Å²) >= 11 is 30.8. The Morgan fingerprint density at radius 3 is 2.24 bits per heavy atom. The molecule has 3 rings (SSSR count). The van der Waals surface area contributed by atoms with E-state index in [0.29, 0.717) is 15.6 Å². The zero-order valence-corrected chi connectivity index (χ0v) is 20.4. The van der Waals surface area contributed by atoms with E-state index in [9.17, 15) is 22.8 Å². The Morgan fingerprint density at radius 2 is 1.64 bits per heavy atom. The van der Waals surface area contributed by atoms with Crippen LogP contribution in [0, 0.1) is 5.92 Å². The maximum Gasteiger partial charge on any atom is 0.389 e. The average Bonchev–Trinajstić information content (AvgIpc) is 3.27. The molecule has 12 heteroatoms. The quantitative estimate of drug-likeness (QED) is 0.276. The molecule has 1 fully saturated rings. The largest absolute Gasteiger partial charge is 0.389 e. The molecule has 0 heterocycles. The van der Waals surface area contributed by atoms with Crippen LogP contribution in [0.5, 0.6) is 0 Å². The van der Waals surface area contributed by atoms with Crippen LogP contribution in [0.2, 0.25) is 15.1 Å². The minimum absolute atomic E-state index is 0.00143. The SMILES string of the molecule is O=C(NCCCC(F)(F)F)c1cc(NC(=O)[C@@H]2[C@@H](c3cc(Cl)cc(Cl)c3)C2(Cl)Cl)ccc1Cl. The van der Waals surface area contributed by atoms with Crippen LogP contribution >= 0.6 is 58.0 Å². The fourth-order valence-electron chi connectivity index (χ4n) is 3.41. The molecule has 0 saturated heterocycles. The van der Waals surface area contributed by atoms with Crippen molar-refractivity contribution in [2.45, 2.75) is 29.3 Å². The van der Waals surface area contributed by atoms with Crippen molar-refractivity contribution in [3.63, 3.8) is 0 Å². The van der Waals surface area contributed by atoms with Crippen molar-refractivity contribution in [2.75, 3.05) is 11.9 Å². The molecule has 1 saturated carbocycles. The second-order valence-electron chi connectivity index (χ2n) is 7.49. The molecule has 0 aromatic heterocycles. The van der Waals surface area contributed by atoms with Crippen LogP contribution in [0.4, 0.5) is 18.9 Å². The molecule has 1 aliphatic carbocycles. The van der Waals surface area contributed by atoms with Gasteiger partial charge in [-0.3, -0.25) is 9.59 Å². The molecule has 2 aromatic carbocycles. The van der Waals surface area contributed by atoms with Crippen LogP contribution in [0.15, 0.2) is 36.4 Å². The first-order valence-corrected chi connectivity index (χ1v) is 11.5. The van der Waals surface area contributed by atoms with E-state index in [4.69, 9.17) is 58.0 Å². The fourth-order valence-corrected chi connectivity index (χ4v) is 4.98. The number of alkyl halides is 5. The number of benzene rings is 2. The summed E-state index contributed by atoms with van der Waals surface area (Å²) in [5.41, 5.74) is 0.842. The van der Waals surface area contributed by atoms with E-state index < -0.39 is 40.6 Å². The predicted molar refractivity (Wildman–Crippen MR) is 125 cm³/mol. The van der Waals surface area contributed by atoms with Crippen LogP contribution in [0.25, 0.3) is 0 Å². The van der Waals surface area contributed by atoms with Gasteiger partial charge in [0.25, 0.3) is 5.91 Å². The zero-order valence-electron chi connectivity index (χ0n) is 16.6. The van der Waals surface area contributed by atoms with E-state index in [2.05, 4.69) is 10.6 Å². The lowest BCUT2D eigenvalue weighted by atomic mass is 10.1. The predicted octanol–water partition coefficient (Wildman–Crippen LogP) is 7.25. The molecule has 2 atom stereocenters. The minimum Gasteiger partial charge on any atom is -0.352 e. The lowest BCUT2D eigenvalue weighted by Crippen LogP contribution is -2.26. The van der Waals surface area contributed by atoms with Crippen molar-refractivity contribution in [1.82, 2.24) is 5.32 Å². The van der Waals surface area contributed by atoms with Crippen molar-refractivity contribution >= 4 is 75.5 Å². The van der Waals surface area contributed by atoms with Gasteiger partial charge in [0.05, 0.1) is 16.5 Å². The second-order valence-corrected chi connectivity index (χ2v) is 10.2. The first-order valence-electron chi connectivity index (χ1n) is 9.59. The van der Waals surface area contributed by atoms with Gasteiger partial charge in [0.1, 0.15) is 4.33 Å². The van der Waals surface area contributed by atoms with Crippen LogP contribution in [0.3, 0.4) is 0 Å². The van der Waals surface area contributed by atoms with Gasteiger partial charge >= 0.3 is 6.18 Å². The topological polar surface area (TPSA) is 58.2 Å². The van der Waals surface area contributed by atoms with E-state index in [-0.39, 0.29) is 29.2 Å². The summed E-state index contributed by atoms with van der Waals surface area (Å²) in [5.74, 6) is -2.54. The van der Waals surface area contributed by atoms with E-state index >= 15 is 0 Å². The lowest BCUT2D eigenvalue weighted by Gasteiger charge is -2.11. The summed E-state index contributed by atoms with van der Waals surface area (Å²) in [4.78, 5) is 25.2. The molecular formula is C21H16Cl5F3N2O2. The summed E-state index contributed by atoms with van der Waals surface area (Å²) in [6.07, 6.45) is -5.59. The van der Waals surface area contributed by atoms with Gasteiger partial charge < -0.3 is 10.6 Å². The molecule has 0 radical (unpaired) electrons. The number of hydrogen-bond acceptors (Lipinski definition) is 2. The Bertz CT molecular complexity index is 1060. The smallest absolute Gasteiger partial charge is 0.352 e. The Kier molecular flexibility index (Phi) is 8.01. The van der Waals surface area contributed by atoms with Crippen LogP contribution in [-0.2, 0) is 4.79 Å². The van der Waals surface area contributed by atoms with Crippen LogP contribution < -0.4 is 10.6 Å². The molecule has 2 N–H and O–H groups in total. The van der Waals surface area contributed by atoms with Crippen molar-refractivity contribution in [3.05, 3.63) is 62.6 Å². The van der Waals surface area contributed by atoms with E-state index in [1.165, 1.54) is 24.3 Å². The van der Waals surface area contributed by atoms with E-state index in [1.807, 2.05) is 0 Å². The third kappa shape index (κ3) is 6.61. The number of hydrogen-bond donors (Lipinski definition) is 2. The van der Waals surface area contributed by atoms with Gasteiger partial charge in [0.15, 0.2) is 0 Å². The van der Waals surface area contributed by atoms with Crippen molar-refractivity contribution in [1.29, 1.82) is 0 Å². The summed E-state index contributed by atoms with van der Waals surface area (Å²) in [6.45, 7) is -0.182. The maximum absolute atomic E-state index is 12.8. The summed E-state index contributed by atoms with van der Waals surface area (Å²) < 4.78 is 35.3. The van der Waals surface area contributed by atoms with Gasteiger partial charge in [-0.15, -0.1) is 23.2 Å². The number of carbonyl (C=O) groups is 2. The minimum atomic E-state index is -4.30. The van der Waals surface area contributed by atoms with Crippen molar-refractivity contribution in [2.24, 2.45) is 5.92 Å². The summed E-state index contributed by atoms with van der Waals surface area (Å²) in [7, 11) is 0. The molecule has 4 nitrogen and oxygen atoms in total. The summed E-state index contributed by atoms with van der Waals surface area (Å²) in [5, 5.41) is 5.83. The fraction of sp³-hybridized carbons (Fsp3) is 0.333. The highest BCUT2D eigenvalue weighted by atomic mass is 35.5. The number of nitrogens with one attached hydrogen (secondary N) is 2.